The van der Waals surface area contributed by atoms with Crippen molar-refractivity contribution in [3.63, 3.8) is 0 Å². The minimum absolute atomic E-state index is 0.113. The summed E-state index contributed by atoms with van der Waals surface area (Å²) in [6.07, 6.45) is 3.59. The standard InChI is InChI=1S/C10H18O4/c1-12-6-4-2-3-5-10(11)14-8-9-7-13-9/h9H,2-8H2,1H3. The van der Waals surface area contributed by atoms with Crippen LogP contribution in [-0.2, 0) is 19.0 Å². The van der Waals surface area contributed by atoms with Crippen LogP contribution in [0.5, 0.6) is 0 Å². The van der Waals surface area contributed by atoms with Crippen molar-refractivity contribution in [2.45, 2.75) is 31.8 Å². The molecule has 0 radical (unpaired) electrons. The highest BCUT2D eigenvalue weighted by Crippen LogP contribution is 2.09. The van der Waals surface area contributed by atoms with Crippen LogP contribution in [-0.4, -0.2) is 39.0 Å². The van der Waals surface area contributed by atoms with Crippen LogP contribution in [0.4, 0.5) is 0 Å². The molecule has 1 aliphatic rings. The van der Waals surface area contributed by atoms with Gasteiger partial charge in [0.1, 0.15) is 12.7 Å². The molecule has 1 rings (SSSR count). The molecule has 0 bridgehead atoms. The lowest BCUT2D eigenvalue weighted by atomic mass is 10.2. The molecule has 4 heteroatoms. The molecule has 0 saturated carbocycles. The second kappa shape index (κ2) is 6.79. The zero-order valence-corrected chi connectivity index (χ0v) is 8.66. The second-order valence-corrected chi connectivity index (χ2v) is 3.44. The van der Waals surface area contributed by atoms with Gasteiger partial charge in [-0.15, -0.1) is 0 Å². The molecular formula is C10H18O4. The van der Waals surface area contributed by atoms with Crippen molar-refractivity contribution in [1.82, 2.24) is 0 Å². The molecule has 0 aromatic rings. The van der Waals surface area contributed by atoms with Crippen LogP contribution in [0.25, 0.3) is 0 Å². The van der Waals surface area contributed by atoms with E-state index < -0.39 is 0 Å². The first kappa shape index (κ1) is 11.5. The van der Waals surface area contributed by atoms with E-state index in [1.165, 1.54) is 0 Å². The Labute approximate surface area is 84.5 Å². The first-order valence-electron chi connectivity index (χ1n) is 5.09. The molecule has 1 aliphatic heterocycles. The van der Waals surface area contributed by atoms with Crippen LogP contribution in [0, 0.1) is 0 Å². The number of hydrogen-bond donors (Lipinski definition) is 0. The summed E-state index contributed by atoms with van der Waals surface area (Å²) in [6, 6.07) is 0. The summed E-state index contributed by atoms with van der Waals surface area (Å²) in [5.74, 6) is -0.113. The predicted molar refractivity (Wildman–Crippen MR) is 51.0 cm³/mol. The molecule has 0 aromatic carbocycles. The summed E-state index contributed by atoms with van der Waals surface area (Å²) in [6.45, 7) is 1.93. The number of esters is 1. The lowest BCUT2D eigenvalue weighted by Gasteiger charge is -2.02. The molecule has 4 nitrogen and oxygen atoms in total. The Bertz CT molecular complexity index is 166. The van der Waals surface area contributed by atoms with Gasteiger partial charge in [0.15, 0.2) is 0 Å². The third-order valence-electron chi connectivity index (χ3n) is 2.06. The number of rotatable bonds is 8. The molecule has 1 saturated heterocycles. The summed E-state index contributed by atoms with van der Waals surface area (Å²) in [5.41, 5.74) is 0. The quantitative estimate of drug-likeness (QED) is 0.336. The van der Waals surface area contributed by atoms with Crippen molar-refractivity contribution in [3.05, 3.63) is 0 Å². The van der Waals surface area contributed by atoms with Gasteiger partial charge in [0.25, 0.3) is 0 Å². The number of epoxide rings is 1. The third kappa shape index (κ3) is 5.94. The summed E-state index contributed by atoms with van der Waals surface area (Å²) in [4.78, 5) is 11.1. The van der Waals surface area contributed by atoms with Crippen LogP contribution >= 0.6 is 0 Å². The van der Waals surface area contributed by atoms with Gasteiger partial charge >= 0.3 is 5.97 Å². The monoisotopic (exact) mass is 202 g/mol. The van der Waals surface area contributed by atoms with Gasteiger partial charge in [0.2, 0.25) is 0 Å². The number of hydrogen-bond acceptors (Lipinski definition) is 4. The maximum Gasteiger partial charge on any atom is 0.305 e. The highest BCUT2D eigenvalue weighted by Gasteiger charge is 2.23. The van der Waals surface area contributed by atoms with Crippen molar-refractivity contribution < 1.29 is 19.0 Å². The lowest BCUT2D eigenvalue weighted by Crippen LogP contribution is -2.09. The first-order chi connectivity index (χ1) is 6.83. The fourth-order valence-corrected chi connectivity index (χ4v) is 1.11. The Morgan fingerprint density at radius 1 is 1.43 bits per heavy atom. The van der Waals surface area contributed by atoms with Crippen molar-refractivity contribution in [2.24, 2.45) is 0 Å². The van der Waals surface area contributed by atoms with Crippen molar-refractivity contribution in [1.29, 1.82) is 0 Å². The lowest BCUT2D eigenvalue weighted by molar-refractivity contribution is -0.144. The molecule has 1 heterocycles. The van der Waals surface area contributed by atoms with Crippen molar-refractivity contribution in [3.8, 4) is 0 Å². The van der Waals surface area contributed by atoms with Gasteiger partial charge in [0, 0.05) is 20.1 Å². The molecule has 0 amide bonds. The molecule has 0 spiro atoms. The Balaban J connectivity index is 1.81. The van der Waals surface area contributed by atoms with Crippen molar-refractivity contribution >= 4 is 5.97 Å². The number of carbonyl (C=O) groups excluding carboxylic acids is 1. The van der Waals surface area contributed by atoms with E-state index in [4.69, 9.17) is 14.2 Å². The molecule has 1 unspecified atom stereocenters. The van der Waals surface area contributed by atoms with Gasteiger partial charge in [-0.25, -0.2) is 0 Å². The zero-order chi connectivity index (χ0) is 10.2. The zero-order valence-electron chi connectivity index (χ0n) is 8.66. The number of unbranched alkanes of at least 4 members (excludes halogenated alkanes) is 2. The van der Waals surface area contributed by atoms with Gasteiger partial charge in [-0.2, -0.15) is 0 Å². The smallest absolute Gasteiger partial charge is 0.305 e. The summed E-state index contributed by atoms with van der Waals surface area (Å²) >= 11 is 0. The fourth-order valence-electron chi connectivity index (χ4n) is 1.11. The van der Waals surface area contributed by atoms with Gasteiger partial charge < -0.3 is 14.2 Å². The SMILES string of the molecule is COCCCCCC(=O)OCC1CO1. The highest BCUT2D eigenvalue weighted by atomic mass is 16.6. The van der Waals surface area contributed by atoms with E-state index in [1.54, 1.807) is 7.11 Å². The summed E-state index contributed by atoms with van der Waals surface area (Å²) in [5, 5.41) is 0. The van der Waals surface area contributed by atoms with Crippen LogP contribution < -0.4 is 0 Å². The number of ether oxygens (including phenoxy) is 3. The van der Waals surface area contributed by atoms with Gasteiger partial charge in [0.05, 0.1) is 6.61 Å². The molecule has 1 atom stereocenters. The van der Waals surface area contributed by atoms with E-state index in [9.17, 15) is 4.79 Å². The average Bonchev–Trinajstić information content (AvgIpc) is 2.98. The fraction of sp³-hybridized carbons (Fsp3) is 0.900. The van der Waals surface area contributed by atoms with E-state index >= 15 is 0 Å². The molecule has 0 aromatic heterocycles. The van der Waals surface area contributed by atoms with E-state index in [2.05, 4.69) is 0 Å². The van der Waals surface area contributed by atoms with Crippen LogP contribution in [0.3, 0.4) is 0 Å². The molecule has 14 heavy (non-hydrogen) atoms. The number of methoxy groups -OCH3 is 1. The average molecular weight is 202 g/mol. The normalized spacial score (nSPS) is 19.4. The van der Waals surface area contributed by atoms with Crippen LogP contribution in [0.2, 0.25) is 0 Å². The maximum atomic E-state index is 11.1. The van der Waals surface area contributed by atoms with E-state index in [-0.39, 0.29) is 12.1 Å². The molecule has 82 valence electrons. The van der Waals surface area contributed by atoms with Gasteiger partial charge in [-0.05, 0) is 12.8 Å². The third-order valence-corrected chi connectivity index (χ3v) is 2.06. The summed E-state index contributed by atoms with van der Waals surface area (Å²) in [7, 11) is 1.68. The Morgan fingerprint density at radius 3 is 2.86 bits per heavy atom. The van der Waals surface area contributed by atoms with Gasteiger partial charge in [-0.1, -0.05) is 6.42 Å². The first-order valence-corrected chi connectivity index (χ1v) is 5.09. The van der Waals surface area contributed by atoms with E-state index in [0.717, 1.165) is 32.5 Å². The van der Waals surface area contributed by atoms with Crippen molar-refractivity contribution in [2.75, 3.05) is 26.9 Å². The summed E-state index contributed by atoms with van der Waals surface area (Å²) < 4.78 is 14.8. The molecule has 1 fully saturated rings. The predicted octanol–water partition coefficient (Wildman–Crippen LogP) is 1.14. The largest absolute Gasteiger partial charge is 0.463 e. The van der Waals surface area contributed by atoms with Crippen LogP contribution in [0.1, 0.15) is 25.7 Å². The molecular weight excluding hydrogens is 184 g/mol. The number of carbonyl (C=O) groups is 1. The van der Waals surface area contributed by atoms with E-state index in [1.807, 2.05) is 0 Å². The molecule has 0 N–H and O–H groups in total. The maximum absolute atomic E-state index is 11.1. The Kier molecular flexibility index (Phi) is 5.56. The Morgan fingerprint density at radius 2 is 2.21 bits per heavy atom. The minimum Gasteiger partial charge on any atom is -0.463 e. The minimum atomic E-state index is -0.113. The van der Waals surface area contributed by atoms with Crippen LogP contribution in [0.15, 0.2) is 0 Å². The van der Waals surface area contributed by atoms with E-state index in [0.29, 0.717) is 13.0 Å². The Hall–Kier alpha value is -0.610. The second-order valence-electron chi connectivity index (χ2n) is 3.44. The molecule has 0 aliphatic carbocycles. The van der Waals surface area contributed by atoms with Gasteiger partial charge in [-0.3, -0.25) is 4.79 Å². The topological polar surface area (TPSA) is 48.1 Å². The highest BCUT2D eigenvalue weighted by molar-refractivity contribution is 5.69.